The Balaban J connectivity index is 1.72. The maximum Gasteiger partial charge on any atom is 0.246 e. The van der Waals surface area contributed by atoms with Gasteiger partial charge in [-0.3, -0.25) is 9.36 Å². The molecule has 3 aromatic carbocycles. The molecule has 1 heterocycles. The Morgan fingerprint density at radius 1 is 1.00 bits per heavy atom. The van der Waals surface area contributed by atoms with Crippen molar-refractivity contribution in [3.63, 3.8) is 0 Å². The number of para-hydroxylation sites is 1. The van der Waals surface area contributed by atoms with Crippen molar-refractivity contribution in [3.05, 3.63) is 92.1 Å². The summed E-state index contributed by atoms with van der Waals surface area (Å²) in [5, 5.41) is 8.25. The molecular weight excluding hydrogens is 519 g/mol. The van der Waals surface area contributed by atoms with Crippen LogP contribution in [0.15, 0.2) is 77.3 Å². The SMILES string of the molecule is O=C(Cn1nc(-c2ccccc2Br)n(-c2ccccc2)c1=S)Nc1ccc(Cl)c(Cl)c1. The number of carbonyl (C=O) groups is 1. The maximum absolute atomic E-state index is 12.7. The van der Waals surface area contributed by atoms with Crippen LogP contribution < -0.4 is 5.32 Å². The molecule has 0 fully saturated rings. The minimum absolute atomic E-state index is 0.0592. The van der Waals surface area contributed by atoms with Gasteiger partial charge in [-0.2, -0.15) is 5.10 Å². The molecule has 0 saturated carbocycles. The van der Waals surface area contributed by atoms with Crippen molar-refractivity contribution in [2.75, 3.05) is 5.32 Å². The third kappa shape index (κ3) is 4.75. The number of carbonyl (C=O) groups excluding carboxylic acids is 1. The zero-order valence-electron chi connectivity index (χ0n) is 15.9. The number of benzene rings is 3. The van der Waals surface area contributed by atoms with Gasteiger partial charge in [-0.1, -0.05) is 75.5 Å². The van der Waals surface area contributed by atoms with E-state index in [-0.39, 0.29) is 12.5 Å². The second-order valence-corrected chi connectivity index (χ2v) is 8.63. The van der Waals surface area contributed by atoms with E-state index in [9.17, 15) is 4.79 Å². The van der Waals surface area contributed by atoms with E-state index in [2.05, 4.69) is 26.3 Å². The first-order valence-electron chi connectivity index (χ1n) is 9.19. The van der Waals surface area contributed by atoms with E-state index in [1.807, 2.05) is 59.2 Å². The highest BCUT2D eigenvalue weighted by Gasteiger charge is 2.18. The number of nitrogens with one attached hydrogen (secondary N) is 1. The lowest BCUT2D eigenvalue weighted by Crippen LogP contribution is -2.19. The fourth-order valence-electron chi connectivity index (χ4n) is 3.05. The van der Waals surface area contributed by atoms with Gasteiger partial charge in [0.15, 0.2) is 5.82 Å². The summed E-state index contributed by atoms with van der Waals surface area (Å²) < 4.78 is 4.63. The minimum Gasteiger partial charge on any atom is -0.324 e. The van der Waals surface area contributed by atoms with Gasteiger partial charge in [-0.05, 0) is 48.6 Å². The number of rotatable bonds is 5. The molecule has 0 aliphatic heterocycles. The van der Waals surface area contributed by atoms with E-state index in [0.29, 0.717) is 26.3 Å². The molecule has 4 aromatic rings. The van der Waals surface area contributed by atoms with E-state index in [4.69, 9.17) is 35.4 Å². The van der Waals surface area contributed by atoms with E-state index in [1.54, 1.807) is 18.2 Å². The van der Waals surface area contributed by atoms with Crippen LogP contribution in [0, 0.1) is 4.77 Å². The molecule has 0 aliphatic carbocycles. The van der Waals surface area contributed by atoms with Crippen molar-refractivity contribution in [2.45, 2.75) is 6.54 Å². The molecule has 5 nitrogen and oxygen atoms in total. The second kappa shape index (κ2) is 9.36. The summed E-state index contributed by atoms with van der Waals surface area (Å²) in [6.45, 7) is -0.0592. The predicted octanol–water partition coefficient (Wildman–Crippen LogP) is 6.78. The molecule has 0 atom stereocenters. The van der Waals surface area contributed by atoms with Crippen molar-refractivity contribution in [3.8, 4) is 17.1 Å². The molecule has 1 amide bonds. The molecule has 1 aromatic heterocycles. The summed E-state index contributed by atoms with van der Waals surface area (Å²) in [6.07, 6.45) is 0. The van der Waals surface area contributed by atoms with Gasteiger partial charge in [0.25, 0.3) is 0 Å². The van der Waals surface area contributed by atoms with Crippen LogP contribution in [-0.2, 0) is 11.3 Å². The minimum atomic E-state index is -0.286. The van der Waals surface area contributed by atoms with Crippen molar-refractivity contribution in [1.29, 1.82) is 0 Å². The van der Waals surface area contributed by atoms with Gasteiger partial charge in [-0.15, -0.1) is 0 Å². The molecule has 9 heteroatoms. The Kier molecular flexibility index (Phi) is 6.57. The highest BCUT2D eigenvalue weighted by molar-refractivity contribution is 9.10. The molecule has 0 aliphatic rings. The Bertz CT molecular complexity index is 1320. The summed E-state index contributed by atoms with van der Waals surface area (Å²) >= 11 is 21.2. The highest BCUT2D eigenvalue weighted by Crippen LogP contribution is 2.29. The fraction of sp³-hybridized carbons (Fsp3) is 0.0455. The number of nitrogens with zero attached hydrogens (tertiary/aromatic N) is 3. The topological polar surface area (TPSA) is 51.9 Å². The average molecular weight is 534 g/mol. The van der Waals surface area contributed by atoms with Crippen molar-refractivity contribution in [2.24, 2.45) is 0 Å². The zero-order valence-corrected chi connectivity index (χ0v) is 19.8. The summed E-state index contributed by atoms with van der Waals surface area (Å²) in [5.74, 6) is 0.344. The van der Waals surface area contributed by atoms with E-state index >= 15 is 0 Å². The maximum atomic E-state index is 12.7. The molecule has 0 saturated heterocycles. The molecule has 0 unspecified atom stereocenters. The van der Waals surface area contributed by atoms with Crippen molar-refractivity contribution >= 4 is 62.9 Å². The number of amides is 1. The van der Waals surface area contributed by atoms with Crippen LogP contribution in [0.2, 0.25) is 10.0 Å². The smallest absolute Gasteiger partial charge is 0.246 e. The first-order valence-corrected chi connectivity index (χ1v) is 11.1. The number of aromatic nitrogens is 3. The van der Waals surface area contributed by atoms with Crippen LogP contribution in [0.3, 0.4) is 0 Å². The normalized spacial score (nSPS) is 10.8. The van der Waals surface area contributed by atoms with Gasteiger partial charge in [0.1, 0.15) is 6.54 Å². The highest BCUT2D eigenvalue weighted by atomic mass is 79.9. The molecule has 0 radical (unpaired) electrons. The monoisotopic (exact) mass is 532 g/mol. The third-order valence-electron chi connectivity index (χ3n) is 4.47. The van der Waals surface area contributed by atoms with E-state index < -0.39 is 0 Å². The number of hydrogen-bond donors (Lipinski definition) is 1. The predicted molar refractivity (Wildman–Crippen MR) is 131 cm³/mol. The van der Waals surface area contributed by atoms with Gasteiger partial charge < -0.3 is 5.32 Å². The Morgan fingerprint density at radius 3 is 2.42 bits per heavy atom. The summed E-state index contributed by atoms with van der Waals surface area (Å²) in [6, 6.07) is 22.3. The summed E-state index contributed by atoms with van der Waals surface area (Å²) in [4.78, 5) is 12.7. The zero-order chi connectivity index (χ0) is 22.0. The molecule has 156 valence electrons. The van der Waals surface area contributed by atoms with Gasteiger partial charge in [0.05, 0.1) is 10.0 Å². The first kappa shape index (κ1) is 21.8. The van der Waals surface area contributed by atoms with Gasteiger partial charge in [0, 0.05) is 21.4 Å². The van der Waals surface area contributed by atoms with Crippen molar-refractivity contribution in [1.82, 2.24) is 14.3 Å². The third-order valence-corrected chi connectivity index (χ3v) is 6.29. The molecular formula is C22H15BrCl2N4OS. The summed E-state index contributed by atoms with van der Waals surface area (Å²) in [5.41, 5.74) is 2.26. The lowest BCUT2D eigenvalue weighted by atomic mass is 10.2. The Labute approximate surface area is 202 Å². The Hall–Kier alpha value is -2.45. The Morgan fingerprint density at radius 2 is 1.71 bits per heavy atom. The van der Waals surface area contributed by atoms with E-state index in [0.717, 1.165) is 15.7 Å². The van der Waals surface area contributed by atoms with Crippen LogP contribution in [0.4, 0.5) is 5.69 Å². The lowest BCUT2D eigenvalue weighted by Gasteiger charge is -2.08. The average Bonchev–Trinajstić information content (AvgIpc) is 3.07. The number of anilines is 1. The number of hydrogen-bond acceptors (Lipinski definition) is 3. The van der Waals surface area contributed by atoms with Gasteiger partial charge in [0.2, 0.25) is 10.7 Å². The second-order valence-electron chi connectivity index (χ2n) is 6.59. The fourth-order valence-corrected chi connectivity index (χ4v) is 4.11. The van der Waals surface area contributed by atoms with Gasteiger partial charge in [-0.25, -0.2) is 4.68 Å². The molecule has 0 spiro atoms. The largest absolute Gasteiger partial charge is 0.324 e. The molecule has 1 N–H and O–H groups in total. The van der Waals surface area contributed by atoms with Crippen LogP contribution in [0.1, 0.15) is 0 Å². The van der Waals surface area contributed by atoms with Gasteiger partial charge >= 0.3 is 0 Å². The number of halogens is 3. The van der Waals surface area contributed by atoms with Crippen LogP contribution in [0.5, 0.6) is 0 Å². The van der Waals surface area contributed by atoms with E-state index in [1.165, 1.54) is 4.68 Å². The lowest BCUT2D eigenvalue weighted by molar-refractivity contribution is -0.116. The van der Waals surface area contributed by atoms with Crippen LogP contribution >= 0.6 is 51.3 Å². The molecule has 4 rings (SSSR count). The first-order chi connectivity index (χ1) is 14.9. The van der Waals surface area contributed by atoms with Crippen molar-refractivity contribution < 1.29 is 4.79 Å². The van der Waals surface area contributed by atoms with Crippen LogP contribution in [0.25, 0.3) is 17.1 Å². The standard InChI is InChI=1S/C22H15BrCl2N4OS/c23-17-9-5-4-8-16(17)21-27-28(22(31)29(21)15-6-2-1-3-7-15)13-20(30)26-14-10-11-18(24)19(25)12-14/h1-12H,13H2,(H,26,30). The quantitative estimate of drug-likeness (QED) is 0.288. The summed E-state index contributed by atoms with van der Waals surface area (Å²) in [7, 11) is 0. The molecule has 31 heavy (non-hydrogen) atoms. The molecule has 0 bridgehead atoms. The van der Waals surface area contributed by atoms with Crippen LogP contribution in [-0.4, -0.2) is 20.3 Å².